The molecule has 1 rings (SSSR count). The molecule has 0 fully saturated rings. The fraction of sp³-hybridized carbons (Fsp3) is 0.500. The highest BCUT2D eigenvalue weighted by atomic mass is 35.5. The molecule has 0 atom stereocenters. The van der Waals surface area contributed by atoms with E-state index >= 15 is 0 Å². The third kappa shape index (κ3) is 8.82. The summed E-state index contributed by atoms with van der Waals surface area (Å²) in [6, 6.07) is 9.43. The quantitative estimate of drug-likeness (QED) is 0.711. The summed E-state index contributed by atoms with van der Waals surface area (Å²) in [6.45, 7) is 0.687. The number of carbonyl (C=O) groups is 1. The highest BCUT2D eigenvalue weighted by Crippen LogP contribution is 2.09. The summed E-state index contributed by atoms with van der Waals surface area (Å²) >= 11 is 0. The third-order valence-electron chi connectivity index (χ3n) is 2.76. The second-order valence-electron chi connectivity index (χ2n) is 4.46. The van der Waals surface area contributed by atoms with Gasteiger partial charge < -0.3 is 5.11 Å². The number of alkyl halides is 2. The van der Waals surface area contributed by atoms with E-state index in [1.807, 2.05) is 30.3 Å². The van der Waals surface area contributed by atoms with E-state index in [-0.39, 0.29) is 25.4 Å². The van der Waals surface area contributed by atoms with Crippen molar-refractivity contribution in [3.05, 3.63) is 35.9 Å². The van der Waals surface area contributed by atoms with Crippen molar-refractivity contribution in [1.29, 1.82) is 0 Å². The molecule has 0 saturated heterocycles. The van der Waals surface area contributed by atoms with Crippen molar-refractivity contribution in [3.63, 3.8) is 0 Å². The van der Waals surface area contributed by atoms with Crippen LogP contribution >= 0.6 is 12.4 Å². The van der Waals surface area contributed by atoms with E-state index in [4.69, 9.17) is 5.11 Å². The van der Waals surface area contributed by atoms with Gasteiger partial charge in [-0.1, -0.05) is 30.3 Å². The van der Waals surface area contributed by atoms with Crippen LogP contribution < -0.4 is 0 Å². The lowest BCUT2D eigenvalue weighted by molar-refractivity contribution is -0.137. The molecule has 0 saturated carbocycles. The molecule has 0 heterocycles. The number of nitrogens with zero attached hydrogens (tertiary/aromatic N) is 1. The van der Waals surface area contributed by atoms with Gasteiger partial charge in [0.05, 0.1) is 6.54 Å². The number of benzene rings is 1. The third-order valence-corrected chi connectivity index (χ3v) is 2.76. The lowest BCUT2D eigenvalue weighted by Gasteiger charge is -2.21. The van der Waals surface area contributed by atoms with Crippen LogP contribution in [-0.2, 0) is 11.3 Å². The summed E-state index contributed by atoms with van der Waals surface area (Å²) in [6.07, 6.45) is -1.15. The minimum atomic E-state index is -2.37. The fourth-order valence-electron chi connectivity index (χ4n) is 1.88. The zero-order valence-corrected chi connectivity index (χ0v) is 12.0. The largest absolute Gasteiger partial charge is 0.481 e. The number of aliphatic carboxylic acids is 1. The van der Waals surface area contributed by atoms with Crippen molar-refractivity contribution < 1.29 is 18.7 Å². The molecule has 1 aromatic carbocycles. The van der Waals surface area contributed by atoms with Crippen molar-refractivity contribution in [3.8, 4) is 0 Å². The van der Waals surface area contributed by atoms with Crippen molar-refractivity contribution in [2.75, 3.05) is 13.1 Å². The maximum atomic E-state index is 12.5. The molecule has 3 nitrogen and oxygen atoms in total. The Morgan fingerprint density at radius 3 is 2.40 bits per heavy atom. The molecule has 0 spiro atoms. The maximum absolute atomic E-state index is 12.5. The number of hydrogen-bond acceptors (Lipinski definition) is 2. The minimum absolute atomic E-state index is 0. The zero-order valence-electron chi connectivity index (χ0n) is 11.2. The molecule has 0 radical (unpaired) electrons. The molecule has 0 aliphatic rings. The minimum Gasteiger partial charge on any atom is -0.481 e. The Labute approximate surface area is 124 Å². The maximum Gasteiger partial charge on any atom is 0.303 e. The highest BCUT2D eigenvalue weighted by Gasteiger charge is 2.12. The van der Waals surface area contributed by atoms with Gasteiger partial charge in [0.2, 0.25) is 0 Å². The lowest BCUT2D eigenvalue weighted by atomic mass is 10.2. The van der Waals surface area contributed by atoms with E-state index < -0.39 is 12.4 Å². The molecular formula is C14H20ClF2NO2. The number of unbranched alkanes of at least 4 members (excludes halogenated alkanes) is 1. The first-order chi connectivity index (χ1) is 9.08. The normalized spacial score (nSPS) is 10.6. The van der Waals surface area contributed by atoms with Gasteiger partial charge in [0, 0.05) is 13.0 Å². The van der Waals surface area contributed by atoms with Gasteiger partial charge >= 0.3 is 5.97 Å². The molecule has 20 heavy (non-hydrogen) atoms. The number of carboxylic acid groups (broad SMARTS) is 1. The van der Waals surface area contributed by atoms with Crippen molar-refractivity contribution in [2.45, 2.75) is 32.2 Å². The van der Waals surface area contributed by atoms with Crippen molar-refractivity contribution in [2.24, 2.45) is 0 Å². The summed E-state index contributed by atoms with van der Waals surface area (Å²) in [5, 5.41) is 8.53. The van der Waals surface area contributed by atoms with E-state index in [2.05, 4.69) is 0 Å². The van der Waals surface area contributed by atoms with Gasteiger partial charge in [-0.15, -0.1) is 12.4 Å². The molecule has 0 amide bonds. The monoisotopic (exact) mass is 307 g/mol. The highest BCUT2D eigenvalue weighted by molar-refractivity contribution is 5.85. The average molecular weight is 308 g/mol. The first kappa shape index (κ1) is 18.8. The molecule has 1 aromatic rings. The summed E-state index contributed by atoms with van der Waals surface area (Å²) in [5.41, 5.74) is 0.987. The van der Waals surface area contributed by atoms with Crippen LogP contribution in [-0.4, -0.2) is 35.5 Å². The molecular weight excluding hydrogens is 288 g/mol. The Balaban J connectivity index is 0.00000361. The Bertz CT molecular complexity index is 377. The van der Waals surface area contributed by atoms with Crippen LogP contribution in [0.2, 0.25) is 0 Å². The van der Waals surface area contributed by atoms with Gasteiger partial charge in [-0.05, 0) is 24.9 Å². The van der Waals surface area contributed by atoms with Gasteiger partial charge in [-0.25, -0.2) is 8.78 Å². The Morgan fingerprint density at radius 2 is 1.85 bits per heavy atom. The van der Waals surface area contributed by atoms with Crippen LogP contribution in [0, 0.1) is 0 Å². The summed E-state index contributed by atoms with van der Waals surface area (Å²) in [5.74, 6) is -0.844. The predicted octanol–water partition coefficient (Wildman–Crippen LogP) is 3.43. The predicted molar refractivity (Wildman–Crippen MR) is 76.5 cm³/mol. The Morgan fingerprint density at radius 1 is 1.20 bits per heavy atom. The first-order valence-corrected chi connectivity index (χ1v) is 6.34. The molecule has 0 aromatic heterocycles. The van der Waals surface area contributed by atoms with Crippen LogP contribution in [0.5, 0.6) is 0 Å². The summed E-state index contributed by atoms with van der Waals surface area (Å²) in [7, 11) is 0. The van der Waals surface area contributed by atoms with Gasteiger partial charge in [0.1, 0.15) is 0 Å². The van der Waals surface area contributed by atoms with Crippen molar-refractivity contribution in [1.82, 2.24) is 4.90 Å². The summed E-state index contributed by atoms with van der Waals surface area (Å²) in [4.78, 5) is 12.0. The number of carboxylic acids is 1. The number of rotatable bonds is 9. The second-order valence-corrected chi connectivity index (χ2v) is 4.46. The van der Waals surface area contributed by atoms with E-state index in [9.17, 15) is 13.6 Å². The lowest BCUT2D eigenvalue weighted by Crippen LogP contribution is -2.29. The van der Waals surface area contributed by atoms with Crippen LogP contribution in [0.15, 0.2) is 30.3 Å². The molecule has 114 valence electrons. The first-order valence-electron chi connectivity index (χ1n) is 6.34. The molecule has 1 N–H and O–H groups in total. The number of hydrogen-bond donors (Lipinski definition) is 1. The molecule has 0 aliphatic carbocycles. The van der Waals surface area contributed by atoms with Crippen LogP contribution in [0.3, 0.4) is 0 Å². The number of halogens is 3. The Kier molecular flexibility index (Phi) is 9.94. The fourth-order valence-corrected chi connectivity index (χ4v) is 1.88. The molecule has 0 unspecified atom stereocenters. The molecule has 0 aliphatic heterocycles. The van der Waals surface area contributed by atoms with Crippen LogP contribution in [0.25, 0.3) is 0 Å². The SMILES string of the molecule is Cl.O=C(O)CCCCN(Cc1ccccc1)CC(F)F. The van der Waals surface area contributed by atoms with Crippen LogP contribution in [0.4, 0.5) is 8.78 Å². The standard InChI is InChI=1S/C14H19F2NO2.ClH/c15-13(16)11-17(9-5-4-8-14(18)19)10-12-6-2-1-3-7-12;/h1-3,6-7,13H,4-5,8-11H2,(H,18,19);1H. The van der Waals surface area contributed by atoms with Gasteiger partial charge in [0.15, 0.2) is 0 Å². The van der Waals surface area contributed by atoms with Crippen molar-refractivity contribution >= 4 is 18.4 Å². The zero-order chi connectivity index (χ0) is 14.1. The van der Waals surface area contributed by atoms with Crippen LogP contribution in [0.1, 0.15) is 24.8 Å². The van der Waals surface area contributed by atoms with Gasteiger partial charge in [-0.3, -0.25) is 9.69 Å². The average Bonchev–Trinajstić information content (AvgIpc) is 2.35. The summed E-state index contributed by atoms with van der Waals surface area (Å²) < 4.78 is 25.0. The van der Waals surface area contributed by atoms with E-state index in [0.717, 1.165) is 5.56 Å². The van der Waals surface area contributed by atoms with E-state index in [0.29, 0.717) is 25.9 Å². The topological polar surface area (TPSA) is 40.5 Å². The second kappa shape index (κ2) is 10.6. The van der Waals surface area contributed by atoms with Gasteiger partial charge in [-0.2, -0.15) is 0 Å². The molecule has 6 heteroatoms. The van der Waals surface area contributed by atoms with Gasteiger partial charge in [0.25, 0.3) is 6.43 Å². The van der Waals surface area contributed by atoms with E-state index in [1.165, 1.54) is 0 Å². The van der Waals surface area contributed by atoms with E-state index in [1.54, 1.807) is 4.90 Å². The Hall–Kier alpha value is -1.20. The molecule has 0 bridgehead atoms. The smallest absolute Gasteiger partial charge is 0.303 e.